The number of carboxylic acids is 1. The quantitative estimate of drug-likeness (QED) is 0.709. The van der Waals surface area contributed by atoms with Crippen LogP contribution in [0.25, 0.3) is 0 Å². The van der Waals surface area contributed by atoms with Crippen molar-refractivity contribution in [2.75, 3.05) is 45.6 Å². The van der Waals surface area contributed by atoms with Crippen molar-refractivity contribution < 1.29 is 14.7 Å². The molecule has 0 unspecified atom stereocenters. The Bertz CT molecular complexity index is 449. The van der Waals surface area contributed by atoms with E-state index in [1.165, 1.54) is 0 Å². The lowest BCUT2D eigenvalue weighted by Crippen LogP contribution is -2.38. The first-order valence-corrected chi connectivity index (χ1v) is 6.91. The van der Waals surface area contributed by atoms with Gasteiger partial charge < -0.3 is 15.3 Å². The molecule has 0 bridgehead atoms. The van der Waals surface area contributed by atoms with E-state index in [0.29, 0.717) is 13.1 Å². The molecule has 0 aromatic heterocycles. The van der Waals surface area contributed by atoms with Crippen LogP contribution >= 0.6 is 0 Å². The number of benzene rings is 1. The van der Waals surface area contributed by atoms with Gasteiger partial charge in [-0.3, -0.25) is 14.5 Å². The molecule has 2 N–H and O–H groups in total. The zero-order valence-corrected chi connectivity index (χ0v) is 12.6. The van der Waals surface area contributed by atoms with E-state index in [1.54, 1.807) is 0 Å². The molecule has 0 fully saturated rings. The fourth-order valence-electron chi connectivity index (χ4n) is 1.79. The van der Waals surface area contributed by atoms with E-state index in [9.17, 15) is 9.59 Å². The number of nitrogens with zero attached hydrogens (tertiary/aromatic N) is 2. The van der Waals surface area contributed by atoms with Crippen LogP contribution in [0.2, 0.25) is 0 Å². The van der Waals surface area contributed by atoms with Gasteiger partial charge in [-0.1, -0.05) is 18.2 Å². The average molecular weight is 293 g/mol. The van der Waals surface area contributed by atoms with Crippen LogP contribution in [0.3, 0.4) is 0 Å². The van der Waals surface area contributed by atoms with E-state index in [1.807, 2.05) is 54.2 Å². The van der Waals surface area contributed by atoms with Gasteiger partial charge in [-0.25, -0.2) is 0 Å². The number of carbonyl (C=O) groups is 2. The molecule has 0 saturated heterocycles. The van der Waals surface area contributed by atoms with Crippen LogP contribution in [0.5, 0.6) is 0 Å². The number of rotatable bonds is 9. The van der Waals surface area contributed by atoms with Gasteiger partial charge in [0.15, 0.2) is 0 Å². The van der Waals surface area contributed by atoms with Crippen molar-refractivity contribution >= 4 is 17.6 Å². The number of carboxylic acid groups (broad SMARTS) is 1. The molecule has 1 aromatic rings. The zero-order valence-electron chi connectivity index (χ0n) is 12.6. The van der Waals surface area contributed by atoms with Gasteiger partial charge in [0, 0.05) is 25.3 Å². The van der Waals surface area contributed by atoms with Crippen LogP contribution in [0.4, 0.5) is 5.69 Å². The standard InChI is InChI=1S/C15H23N3O3/c1-17(2)10-11-18(9-8-15(20)21)12-14(19)16-13-6-4-3-5-7-13/h3-7H,8-12H2,1-2H3,(H,16,19)(H,20,21). The number of hydrogen-bond donors (Lipinski definition) is 2. The molecular weight excluding hydrogens is 270 g/mol. The van der Waals surface area contributed by atoms with Crippen molar-refractivity contribution in [1.82, 2.24) is 9.80 Å². The van der Waals surface area contributed by atoms with E-state index in [4.69, 9.17) is 5.11 Å². The van der Waals surface area contributed by atoms with E-state index in [-0.39, 0.29) is 18.9 Å². The second-order valence-corrected chi connectivity index (χ2v) is 5.14. The Morgan fingerprint density at radius 3 is 2.33 bits per heavy atom. The summed E-state index contributed by atoms with van der Waals surface area (Å²) in [6, 6.07) is 9.22. The Labute approximate surface area is 125 Å². The molecule has 6 heteroatoms. The minimum absolute atomic E-state index is 0.0338. The SMILES string of the molecule is CN(C)CCN(CCC(=O)O)CC(=O)Nc1ccccc1. The lowest BCUT2D eigenvalue weighted by Gasteiger charge is -2.22. The summed E-state index contributed by atoms with van der Waals surface area (Å²) in [6.07, 6.45) is 0.0338. The molecule has 0 atom stereocenters. The van der Waals surface area contributed by atoms with Crippen molar-refractivity contribution in [2.45, 2.75) is 6.42 Å². The van der Waals surface area contributed by atoms with Gasteiger partial charge in [-0.05, 0) is 26.2 Å². The highest BCUT2D eigenvalue weighted by Gasteiger charge is 2.12. The first kappa shape index (κ1) is 17.1. The summed E-state index contributed by atoms with van der Waals surface area (Å²) in [4.78, 5) is 26.5. The monoisotopic (exact) mass is 293 g/mol. The third-order valence-electron chi connectivity index (χ3n) is 2.93. The van der Waals surface area contributed by atoms with Gasteiger partial charge in [0.2, 0.25) is 5.91 Å². The number of nitrogens with one attached hydrogen (secondary N) is 1. The van der Waals surface area contributed by atoms with Crippen LogP contribution < -0.4 is 5.32 Å². The van der Waals surface area contributed by atoms with E-state index in [2.05, 4.69) is 5.32 Å². The second-order valence-electron chi connectivity index (χ2n) is 5.14. The van der Waals surface area contributed by atoms with Crippen molar-refractivity contribution in [3.63, 3.8) is 0 Å². The molecule has 1 aromatic carbocycles. The lowest BCUT2D eigenvalue weighted by atomic mass is 10.3. The highest BCUT2D eigenvalue weighted by atomic mass is 16.4. The normalized spacial score (nSPS) is 10.9. The predicted molar refractivity (Wildman–Crippen MR) is 82.3 cm³/mol. The first-order valence-electron chi connectivity index (χ1n) is 6.91. The number of para-hydroxylation sites is 1. The molecule has 116 valence electrons. The van der Waals surface area contributed by atoms with Gasteiger partial charge in [0.1, 0.15) is 0 Å². The van der Waals surface area contributed by atoms with E-state index < -0.39 is 5.97 Å². The number of anilines is 1. The Morgan fingerprint density at radius 2 is 1.76 bits per heavy atom. The number of aliphatic carboxylic acids is 1. The third-order valence-corrected chi connectivity index (χ3v) is 2.93. The average Bonchev–Trinajstić information content (AvgIpc) is 2.42. The summed E-state index contributed by atoms with van der Waals surface area (Å²) in [5.74, 6) is -0.987. The summed E-state index contributed by atoms with van der Waals surface area (Å²) in [5.41, 5.74) is 0.744. The number of carbonyl (C=O) groups excluding carboxylic acids is 1. The maximum atomic E-state index is 12.0. The third kappa shape index (κ3) is 8.06. The molecule has 6 nitrogen and oxygen atoms in total. The second kappa shape index (κ2) is 9.10. The molecule has 0 aliphatic rings. The maximum Gasteiger partial charge on any atom is 0.304 e. The van der Waals surface area contributed by atoms with E-state index >= 15 is 0 Å². The molecule has 0 radical (unpaired) electrons. The molecule has 21 heavy (non-hydrogen) atoms. The zero-order chi connectivity index (χ0) is 15.7. The number of amides is 1. The maximum absolute atomic E-state index is 12.0. The molecular formula is C15H23N3O3. The predicted octanol–water partition coefficient (Wildman–Crippen LogP) is 0.963. The minimum atomic E-state index is -0.853. The molecule has 1 rings (SSSR count). The Kier molecular flexibility index (Phi) is 7.42. The van der Waals surface area contributed by atoms with Gasteiger partial charge in [0.05, 0.1) is 13.0 Å². The van der Waals surface area contributed by atoms with Gasteiger partial charge >= 0.3 is 5.97 Å². The highest BCUT2D eigenvalue weighted by molar-refractivity contribution is 5.92. The lowest BCUT2D eigenvalue weighted by molar-refractivity contribution is -0.137. The smallest absolute Gasteiger partial charge is 0.304 e. The van der Waals surface area contributed by atoms with Crippen molar-refractivity contribution in [1.29, 1.82) is 0 Å². The molecule has 0 aliphatic heterocycles. The van der Waals surface area contributed by atoms with Gasteiger partial charge in [0.25, 0.3) is 0 Å². The van der Waals surface area contributed by atoms with E-state index in [0.717, 1.165) is 12.2 Å². The van der Waals surface area contributed by atoms with Crippen LogP contribution in [0, 0.1) is 0 Å². The summed E-state index contributed by atoms with van der Waals surface area (Å²) in [5, 5.41) is 11.6. The Hall–Kier alpha value is -1.92. The summed E-state index contributed by atoms with van der Waals surface area (Å²) < 4.78 is 0. The van der Waals surface area contributed by atoms with Crippen molar-refractivity contribution in [3.8, 4) is 0 Å². The van der Waals surface area contributed by atoms with Crippen molar-refractivity contribution in [2.24, 2.45) is 0 Å². The molecule has 0 heterocycles. The summed E-state index contributed by atoms with van der Waals surface area (Å²) in [6.45, 7) is 1.99. The molecule has 0 spiro atoms. The summed E-state index contributed by atoms with van der Waals surface area (Å²) >= 11 is 0. The Balaban J connectivity index is 2.49. The number of likely N-dealkylation sites (N-methyl/N-ethyl adjacent to an activating group) is 1. The van der Waals surface area contributed by atoms with Gasteiger partial charge in [-0.15, -0.1) is 0 Å². The molecule has 0 saturated carbocycles. The van der Waals surface area contributed by atoms with Crippen molar-refractivity contribution in [3.05, 3.63) is 30.3 Å². The van der Waals surface area contributed by atoms with Crippen LogP contribution in [0.15, 0.2) is 30.3 Å². The fourth-order valence-corrected chi connectivity index (χ4v) is 1.79. The largest absolute Gasteiger partial charge is 0.481 e. The van der Waals surface area contributed by atoms with Crippen LogP contribution in [-0.2, 0) is 9.59 Å². The Morgan fingerprint density at radius 1 is 1.10 bits per heavy atom. The highest BCUT2D eigenvalue weighted by Crippen LogP contribution is 2.05. The first-order chi connectivity index (χ1) is 9.97. The summed E-state index contributed by atoms with van der Waals surface area (Å²) in [7, 11) is 3.89. The molecule has 0 aliphatic carbocycles. The molecule has 1 amide bonds. The van der Waals surface area contributed by atoms with Gasteiger partial charge in [-0.2, -0.15) is 0 Å². The fraction of sp³-hybridized carbons (Fsp3) is 0.467. The van der Waals surface area contributed by atoms with Crippen LogP contribution in [0.1, 0.15) is 6.42 Å². The minimum Gasteiger partial charge on any atom is -0.481 e. The van der Waals surface area contributed by atoms with Crippen LogP contribution in [-0.4, -0.2) is 67.1 Å². The number of hydrogen-bond acceptors (Lipinski definition) is 4. The topological polar surface area (TPSA) is 72.9 Å².